The lowest BCUT2D eigenvalue weighted by molar-refractivity contribution is -0.705. The molecule has 108 valence electrons. The van der Waals surface area contributed by atoms with E-state index in [-0.39, 0.29) is 5.69 Å². The number of carbonyl (C=O) groups is 2. The van der Waals surface area contributed by atoms with E-state index >= 15 is 0 Å². The monoisotopic (exact) mass is 288 g/mol. The molecule has 2 rings (SSSR count). The molecule has 1 aromatic carbocycles. The summed E-state index contributed by atoms with van der Waals surface area (Å²) in [6, 6.07) is 8.46. The summed E-state index contributed by atoms with van der Waals surface area (Å²) in [4.78, 5) is 23.3. The molecule has 0 aliphatic carbocycles. The molecule has 0 bridgehead atoms. The minimum Gasteiger partial charge on any atom is -0.365 e. The summed E-state index contributed by atoms with van der Waals surface area (Å²) < 4.78 is 15.0. The molecular formula is C15H15FN3O2+. The van der Waals surface area contributed by atoms with E-state index in [1.807, 2.05) is 0 Å². The maximum atomic E-state index is 13.5. The van der Waals surface area contributed by atoms with E-state index in [0.29, 0.717) is 5.56 Å². The Labute approximate surface area is 121 Å². The zero-order chi connectivity index (χ0) is 15.4. The summed E-state index contributed by atoms with van der Waals surface area (Å²) in [6.07, 6.45) is 3.12. The molecule has 0 fully saturated rings. The number of nitrogens with two attached hydrogens (primary N) is 1. The third kappa shape index (κ3) is 3.42. The second-order valence-electron chi connectivity index (χ2n) is 4.55. The maximum Gasteiger partial charge on any atom is 0.293 e. The van der Waals surface area contributed by atoms with Crippen LogP contribution < -0.4 is 15.6 Å². The Morgan fingerprint density at radius 2 is 1.95 bits per heavy atom. The van der Waals surface area contributed by atoms with Crippen molar-refractivity contribution in [1.82, 2.24) is 0 Å². The van der Waals surface area contributed by atoms with Gasteiger partial charge in [-0.3, -0.25) is 9.59 Å². The number of carbonyl (C=O) groups excluding carboxylic acids is 2. The van der Waals surface area contributed by atoms with E-state index < -0.39 is 23.7 Å². The van der Waals surface area contributed by atoms with Crippen molar-refractivity contribution in [3.05, 3.63) is 60.2 Å². The highest BCUT2D eigenvalue weighted by atomic mass is 19.1. The molecule has 0 aliphatic rings. The Balaban J connectivity index is 2.18. The number of benzene rings is 1. The lowest BCUT2D eigenvalue weighted by Crippen LogP contribution is -2.44. The van der Waals surface area contributed by atoms with Gasteiger partial charge < -0.3 is 11.1 Å². The fourth-order valence-electron chi connectivity index (χ4n) is 1.81. The summed E-state index contributed by atoms with van der Waals surface area (Å²) in [7, 11) is 0. The van der Waals surface area contributed by atoms with Gasteiger partial charge in [-0.2, -0.15) is 4.57 Å². The van der Waals surface area contributed by atoms with Crippen LogP contribution in [0.4, 0.5) is 10.1 Å². The summed E-state index contributed by atoms with van der Waals surface area (Å²) in [5.41, 5.74) is 5.61. The quantitative estimate of drug-likeness (QED) is 0.835. The third-order valence-corrected chi connectivity index (χ3v) is 3.07. The summed E-state index contributed by atoms with van der Waals surface area (Å²) in [5, 5.41) is 2.51. The van der Waals surface area contributed by atoms with Crippen molar-refractivity contribution in [2.75, 3.05) is 5.32 Å². The summed E-state index contributed by atoms with van der Waals surface area (Å²) in [5.74, 6) is -1.48. The molecule has 5 nitrogen and oxygen atoms in total. The van der Waals surface area contributed by atoms with Crippen LogP contribution in [0, 0.1) is 5.82 Å². The lowest BCUT2D eigenvalue weighted by atomic mass is 10.2. The van der Waals surface area contributed by atoms with Crippen LogP contribution in [-0.2, 0) is 4.79 Å². The van der Waals surface area contributed by atoms with Crippen LogP contribution >= 0.6 is 0 Å². The van der Waals surface area contributed by atoms with Crippen molar-refractivity contribution >= 4 is 17.5 Å². The Morgan fingerprint density at radius 1 is 1.24 bits per heavy atom. The van der Waals surface area contributed by atoms with Crippen LogP contribution in [0.3, 0.4) is 0 Å². The van der Waals surface area contributed by atoms with E-state index in [0.717, 1.165) is 0 Å². The van der Waals surface area contributed by atoms with Gasteiger partial charge in [-0.1, -0.05) is 12.1 Å². The number of pyridine rings is 1. The third-order valence-electron chi connectivity index (χ3n) is 3.07. The summed E-state index contributed by atoms with van der Waals surface area (Å²) >= 11 is 0. The fourth-order valence-corrected chi connectivity index (χ4v) is 1.81. The van der Waals surface area contributed by atoms with Gasteiger partial charge in [0.15, 0.2) is 12.4 Å². The van der Waals surface area contributed by atoms with E-state index in [1.54, 1.807) is 37.4 Å². The van der Waals surface area contributed by atoms with Crippen molar-refractivity contribution in [3.63, 3.8) is 0 Å². The molecule has 0 radical (unpaired) electrons. The molecule has 0 saturated heterocycles. The number of halogens is 1. The van der Waals surface area contributed by atoms with Gasteiger partial charge in [0, 0.05) is 13.0 Å². The number of amides is 2. The predicted molar refractivity (Wildman–Crippen MR) is 74.9 cm³/mol. The van der Waals surface area contributed by atoms with E-state index in [2.05, 4.69) is 5.32 Å². The van der Waals surface area contributed by atoms with Crippen LogP contribution in [0.25, 0.3) is 0 Å². The Kier molecular flexibility index (Phi) is 4.27. The number of anilines is 1. The van der Waals surface area contributed by atoms with E-state index in [1.165, 1.54) is 22.9 Å². The van der Waals surface area contributed by atoms with Crippen LogP contribution in [-0.4, -0.2) is 11.8 Å². The molecule has 1 atom stereocenters. The molecule has 0 unspecified atom stereocenters. The first-order chi connectivity index (χ1) is 9.99. The molecule has 2 aromatic rings. The molecule has 6 heteroatoms. The van der Waals surface area contributed by atoms with Crippen molar-refractivity contribution in [2.45, 2.75) is 13.0 Å². The second kappa shape index (κ2) is 6.13. The number of hydrogen-bond acceptors (Lipinski definition) is 2. The highest BCUT2D eigenvalue weighted by Gasteiger charge is 2.23. The number of nitrogens with one attached hydrogen (secondary N) is 1. The van der Waals surface area contributed by atoms with Crippen LogP contribution in [0.2, 0.25) is 0 Å². The standard InChI is InChI=1S/C15H14FN3O2/c1-10(19-8-4-5-11(9-19)14(17)20)15(21)18-13-7-3-2-6-12(13)16/h2-10H,1H3,(H2-,17,18,20,21)/p+1/t10-/m1/s1. The van der Waals surface area contributed by atoms with E-state index in [9.17, 15) is 14.0 Å². The average Bonchev–Trinajstić information content (AvgIpc) is 2.49. The molecule has 1 heterocycles. The molecule has 0 saturated carbocycles. The van der Waals surface area contributed by atoms with Crippen molar-refractivity contribution in [1.29, 1.82) is 0 Å². The van der Waals surface area contributed by atoms with E-state index in [4.69, 9.17) is 5.73 Å². The van der Waals surface area contributed by atoms with Crippen LogP contribution in [0.5, 0.6) is 0 Å². The smallest absolute Gasteiger partial charge is 0.293 e. The Bertz CT molecular complexity index is 688. The minimum atomic E-state index is -0.621. The molecular weight excluding hydrogens is 273 g/mol. The van der Waals surface area contributed by atoms with Gasteiger partial charge in [0.05, 0.1) is 5.69 Å². The average molecular weight is 288 g/mol. The number of rotatable bonds is 4. The largest absolute Gasteiger partial charge is 0.365 e. The number of aromatic nitrogens is 1. The Morgan fingerprint density at radius 3 is 2.62 bits per heavy atom. The van der Waals surface area contributed by atoms with Gasteiger partial charge in [-0.15, -0.1) is 0 Å². The second-order valence-corrected chi connectivity index (χ2v) is 4.55. The summed E-state index contributed by atoms with van der Waals surface area (Å²) in [6.45, 7) is 1.64. The van der Waals surface area contributed by atoms with Crippen LogP contribution in [0.1, 0.15) is 23.3 Å². The molecule has 0 aliphatic heterocycles. The molecule has 2 amide bonds. The van der Waals surface area contributed by atoms with Gasteiger partial charge in [-0.05, 0) is 18.2 Å². The van der Waals surface area contributed by atoms with Crippen LogP contribution in [0.15, 0.2) is 48.8 Å². The SMILES string of the molecule is C[C@H](C(=O)Nc1ccccc1F)[n+]1cccc(C(N)=O)c1. The van der Waals surface area contributed by atoms with Gasteiger partial charge >= 0.3 is 0 Å². The topological polar surface area (TPSA) is 76.1 Å². The molecule has 21 heavy (non-hydrogen) atoms. The number of primary amides is 1. The van der Waals surface area contributed by atoms with Gasteiger partial charge in [0.2, 0.25) is 6.04 Å². The first-order valence-electron chi connectivity index (χ1n) is 6.35. The van der Waals surface area contributed by atoms with Gasteiger partial charge in [0.25, 0.3) is 11.8 Å². The highest BCUT2D eigenvalue weighted by Crippen LogP contribution is 2.13. The fraction of sp³-hybridized carbons (Fsp3) is 0.133. The number of nitrogens with zero attached hydrogens (tertiary/aromatic N) is 1. The highest BCUT2D eigenvalue weighted by molar-refractivity contribution is 5.93. The maximum absolute atomic E-state index is 13.5. The zero-order valence-electron chi connectivity index (χ0n) is 11.4. The van der Waals surface area contributed by atoms with Gasteiger partial charge in [0.1, 0.15) is 11.4 Å². The van der Waals surface area contributed by atoms with Crippen molar-refractivity contribution < 1.29 is 18.5 Å². The zero-order valence-corrected chi connectivity index (χ0v) is 11.4. The van der Waals surface area contributed by atoms with Gasteiger partial charge in [-0.25, -0.2) is 4.39 Å². The number of hydrogen-bond donors (Lipinski definition) is 2. The molecule has 3 N–H and O–H groups in total. The minimum absolute atomic E-state index is 0.112. The van der Waals surface area contributed by atoms with Crippen molar-refractivity contribution in [2.24, 2.45) is 5.73 Å². The lowest BCUT2D eigenvalue weighted by Gasteiger charge is -2.09. The predicted octanol–water partition coefficient (Wildman–Crippen LogP) is 1.41. The first kappa shape index (κ1) is 14.6. The normalized spacial score (nSPS) is 11.7. The molecule has 0 spiro atoms. The first-order valence-corrected chi connectivity index (χ1v) is 6.35. The Hall–Kier alpha value is -2.76. The number of para-hydroxylation sites is 1. The molecule has 1 aromatic heterocycles. The van der Waals surface area contributed by atoms with Crippen molar-refractivity contribution in [3.8, 4) is 0 Å².